The van der Waals surface area contributed by atoms with Gasteiger partial charge in [-0.1, -0.05) is 28.9 Å². The van der Waals surface area contributed by atoms with Gasteiger partial charge in [0.15, 0.2) is 11.6 Å². The van der Waals surface area contributed by atoms with Gasteiger partial charge in [0, 0.05) is 48.7 Å². The monoisotopic (exact) mass is 408 g/mol. The molecule has 29 heavy (non-hydrogen) atoms. The summed E-state index contributed by atoms with van der Waals surface area (Å²) in [5, 5.41) is 13.7. The molecule has 0 atom stereocenters. The van der Waals surface area contributed by atoms with Gasteiger partial charge >= 0.3 is 0 Å². The van der Waals surface area contributed by atoms with Crippen molar-refractivity contribution in [2.45, 2.75) is 19.4 Å². The minimum atomic E-state index is -0.489. The Kier molecular flexibility index (Phi) is 4.84. The number of hydrogen-bond donors (Lipinski definition) is 0. The van der Waals surface area contributed by atoms with Crippen LogP contribution in [0.1, 0.15) is 19.5 Å². The molecule has 0 radical (unpaired) electrons. The van der Waals surface area contributed by atoms with E-state index in [9.17, 15) is 0 Å². The molecule has 1 aromatic carbocycles. The van der Waals surface area contributed by atoms with E-state index in [0.717, 1.165) is 22.6 Å². The van der Waals surface area contributed by atoms with E-state index in [4.69, 9.17) is 16.1 Å². The van der Waals surface area contributed by atoms with E-state index in [-0.39, 0.29) is 0 Å². The van der Waals surface area contributed by atoms with Crippen LogP contribution in [0.25, 0.3) is 22.7 Å². The largest absolute Gasteiger partial charge is 0.356 e. The van der Waals surface area contributed by atoms with Gasteiger partial charge < -0.3 is 9.42 Å². The van der Waals surface area contributed by atoms with Crippen molar-refractivity contribution in [1.29, 1.82) is 0 Å². The van der Waals surface area contributed by atoms with Crippen LogP contribution in [0.4, 0.5) is 5.95 Å². The molecule has 0 aliphatic rings. The van der Waals surface area contributed by atoms with Crippen LogP contribution in [-0.4, -0.2) is 32.0 Å². The maximum Gasteiger partial charge on any atom is 0.227 e. The molecule has 8 heteroatoms. The predicted octanol–water partition coefficient (Wildman–Crippen LogP) is 4.56. The maximum absolute atomic E-state index is 6.10. The zero-order valence-electron chi connectivity index (χ0n) is 16.7. The fraction of sp³-hybridized carbons (Fsp3) is 0.238. The molecular weight excluding hydrogens is 388 g/mol. The van der Waals surface area contributed by atoms with Crippen molar-refractivity contribution in [3.8, 4) is 22.7 Å². The van der Waals surface area contributed by atoms with E-state index in [1.165, 1.54) is 0 Å². The fourth-order valence-electron chi connectivity index (χ4n) is 3.13. The first kappa shape index (κ1) is 19.1. The Morgan fingerprint density at radius 2 is 1.79 bits per heavy atom. The molecule has 0 unspecified atom stereocenters. The summed E-state index contributed by atoms with van der Waals surface area (Å²) in [4.78, 5) is 6.09. The second-order valence-electron chi connectivity index (χ2n) is 7.32. The van der Waals surface area contributed by atoms with Gasteiger partial charge in [0.25, 0.3) is 0 Å². The Morgan fingerprint density at radius 3 is 2.52 bits per heavy atom. The summed E-state index contributed by atoms with van der Waals surface area (Å²) in [5.74, 6) is 2.15. The van der Waals surface area contributed by atoms with Crippen molar-refractivity contribution in [3.05, 3.63) is 65.6 Å². The van der Waals surface area contributed by atoms with Crippen LogP contribution in [0.2, 0.25) is 5.02 Å². The maximum atomic E-state index is 6.10. The lowest BCUT2D eigenvalue weighted by Crippen LogP contribution is -2.40. The molecule has 0 bridgehead atoms. The summed E-state index contributed by atoms with van der Waals surface area (Å²) in [5.41, 5.74) is 2.13. The van der Waals surface area contributed by atoms with Crippen LogP contribution in [0.3, 0.4) is 0 Å². The first-order valence-electron chi connectivity index (χ1n) is 9.14. The molecule has 0 spiro atoms. The van der Waals surface area contributed by atoms with E-state index < -0.39 is 5.54 Å². The minimum Gasteiger partial charge on any atom is -0.356 e. The van der Waals surface area contributed by atoms with Crippen LogP contribution in [0.5, 0.6) is 0 Å². The Bertz CT molecular complexity index is 1140. The van der Waals surface area contributed by atoms with Crippen molar-refractivity contribution < 1.29 is 4.52 Å². The molecule has 0 amide bonds. The molecule has 0 N–H and O–H groups in total. The lowest BCUT2D eigenvalue weighted by Gasteiger charge is -2.34. The number of pyridine rings is 1. The Morgan fingerprint density at radius 1 is 1.03 bits per heavy atom. The van der Waals surface area contributed by atoms with Gasteiger partial charge in [0.1, 0.15) is 5.69 Å². The molecule has 4 rings (SSSR count). The summed E-state index contributed by atoms with van der Waals surface area (Å²) < 4.78 is 7.55. The highest BCUT2D eigenvalue weighted by molar-refractivity contribution is 6.30. The number of aromatic nitrogens is 5. The number of hydrogen-bond acceptors (Lipinski definition) is 6. The summed E-state index contributed by atoms with van der Waals surface area (Å²) in [6.45, 7) is 4.13. The van der Waals surface area contributed by atoms with Gasteiger partial charge in [0.05, 0.1) is 5.54 Å². The van der Waals surface area contributed by atoms with Gasteiger partial charge in [-0.3, -0.25) is 9.55 Å². The number of rotatable bonds is 5. The summed E-state index contributed by atoms with van der Waals surface area (Å²) in [7, 11) is 3.91. The smallest absolute Gasteiger partial charge is 0.227 e. The van der Waals surface area contributed by atoms with Gasteiger partial charge in [-0.25, -0.2) is 0 Å². The highest BCUT2D eigenvalue weighted by Crippen LogP contribution is 2.33. The minimum absolute atomic E-state index is 0.489. The molecule has 0 saturated heterocycles. The topological polar surface area (TPSA) is 72.9 Å². The van der Waals surface area contributed by atoms with Crippen LogP contribution in [-0.2, 0) is 12.6 Å². The van der Waals surface area contributed by atoms with Crippen LogP contribution < -0.4 is 4.90 Å². The zero-order valence-corrected chi connectivity index (χ0v) is 17.4. The third-order valence-electron chi connectivity index (χ3n) is 5.18. The third-order valence-corrected chi connectivity index (χ3v) is 5.41. The van der Waals surface area contributed by atoms with E-state index >= 15 is 0 Å². The lowest BCUT2D eigenvalue weighted by atomic mass is 9.98. The van der Waals surface area contributed by atoms with Crippen LogP contribution in [0.15, 0.2) is 59.4 Å². The molecule has 0 aliphatic heterocycles. The average molecular weight is 409 g/mol. The summed E-state index contributed by atoms with van der Waals surface area (Å²) >= 11 is 6.10. The van der Waals surface area contributed by atoms with Gasteiger partial charge in [0.2, 0.25) is 5.95 Å². The molecule has 0 aliphatic carbocycles. The van der Waals surface area contributed by atoms with Gasteiger partial charge in [-0.2, -0.15) is 0 Å². The van der Waals surface area contributed by atoms with Crippen molar-refractivity contribution in [1.82, 2.24) is 24.9 Å². The van der Waals surface area contributed by atoms with Crippen molar-refractivity contribution in [2.24, 2.45) is 7.05 Å². The number of halogens is 1. The van der Waals surface area contributed by atoms with Crippen molar-refractivity contribution >= 4 is 17.5 Å². The molecule has 0 saturated carbocycles. The quantitative estimate of drug-likeness (QED) is 0.482. The van der Waals surface area contributed by atoms with E-state index in [1.54, 1.807) is 12.4 Å². The van der Waals surface area contributed by atoms with E-state index in [1.807, 2.05) is 66.0 Å². The summed E-state index contributed by atoms with van der Waals surface area (Å²) in [6.07, 6.45) is 3.48. The molecule has 0 fully saturated rings. The van der Waals surface area contributed by atoms with E-state index in [2.05, 4.69) is 34.2 Å². The normalized spacial score (nSPS) is 11.6. The van der Waals surface area contributed by atoms with Crippen LogP contribution in [0, 0.1) is 0 Å². The molecule has 3 aromatic heterocycles. The number of nitrogens with zero attached hydrogens (tertiary/aromatic N) is 6. The molecular formula is C21H21ClN6O. The fourth-order valence-corrected chi connectivity index (χ4v) is 3.32. The number of anilines is 1. The second kappa shape index (κ2) is 7.33. The van der Waals surface area contributed by atoms with Crippen LogP contribution >= 0.6 is 11.6 Å². The Hall–Kier alpha value is -3.19. The second-order valence-corrected chi connectivity index (χ2v) is 7.76. The van der Waals surface area contributed by atoms with Crippen molar-refractivity contribution in [3.63, 3.8) is 0 Å². The first-order chi connectivity index (χ1) is 13.9. The standard InChI is InChI=1S/C21H21ClN6O/c1-21(2,18-13-17(29-26-18)15-6-5-7-16(22)12-15)28(4)20-25-24-19(27(20)3)14-8-10-23-11-9-14/h5-13H,1-4H3. The number of benzene rings is 1. The SMILES string of the molecule is CN(c1nnc(-c2ccncc2)n1C)C(C)(C)c1cc(-c2cccc(Cl)c2)on1. The predicted molar refractivity (Wildman–Crippen MR) is 113 cm³/mol. The van der Waals surface area contributed by atoms with Gasteiger partial charge in [-0.05, 0) is 38.1 Å². The lowest BCUT2D eigenvalue weighted by molar-refractivity contribution is 0.388. The van der Waals surface area contributed by atoms with Crippen molar-refractivity contribution in [2.75, 3.05) is 11.9 Å². The highest BCUT2D eigenvalue weighted by atomic mass is 35.5. The van der Waals surface area contributed by atoms with Gasteiger partial charge in [-0.15, -0.1) is 10.2 Å². The zero-order chi connectivity index (χ0) is 20.6. The van der Waals surface area contributed by atoms with E-state index in [0.29, 0.717) is 16.7 Å². The highest BCUT2D eigenvalue weighted by Gasteiger charge is 2.33. The molecule has 148 valence electrons. The summed E-state index contributed by atoms with van der Waals surface area (Å²) in [6, 6.07) is 13.3. The first-order valence-corrected chi connectivity index (χ1v) is 9.52. The molecule has 4 aromatic rings. The molecule has 3 heterocycles. The Balaban J connectivity index is 1.65. The average Bonchev–Trinajstić information content (AvgIpc) is 3.36. The third kappa shape index (κ3) is 3.49. The Labute approximate surface area is 174 Å². The molecule has 7 nitrogen and oxygen atoms in total.